The van der Waals surface area contributed by atoms with Crippen molar-refractivity contribution < 1.29 is 19.1 Å². The average Bonchev–Trinajstić information content (AvgIpc) is 2.75. The summed E-state index contributed by atoms with van der Waals surface area (Å²) in [5.41, 5.74) is 2.48. The third-order valence-corrected chi connectivity index (χ3v) is 4.41. The maximum absolute atomic E-state index is 12.6. The number of aryl methyl sites for hydroxylation is 1. The van der Waals surface area contributed by atoms with Crippen molar-refractivity contribution in [3.05, 3.63) is 77.6 Å². The van der Waals surface area contributed by atoms with Crippen LogP contribution in [-0.4, -0.2) is 30.0 Å². The van der Waals surface area contributed by atoms with Crippen LogP contribution >= 0.6 is 0 Å². The van der Waals surface area contributed by atoms with Gasteiger partial charge in [0.15, 0.2) is 11.5 Å². The van der Waals surface area contributed by atoms with Crippen molar-refractivity contribution in [2.75, 3.05) is 23.8 Å². The van der Waals surface area contributed by atoms with Gasteiger partial charge in [0.1, 0.15) is 24.6 Å². The van der Waals surface area contributed by atoms with E-state index in [4.69, 9.17) is 9.47 Å². The lowest BCUT2D eigenvalue weighted by molar-refractivity contribution is 0.101. The minimum Gasteiger partial charge on any atom is -0.486 e. The highest BCUT2D eigenvalue weighted by Gasteiger charge is 2.16. The van der Waals surface area contributed by atoms with E-state index in [-0.39, 0.29) is 17.3 Å². The molecule has 2 amide bonds. The maximum Gasteiger partial charge on any atom is 0.274 e. The van der Waals surface area contributed by atoms with Gasteiger partial charge in [0.05, 0.1) is 0 Å². The smallest absolute Gasteiger partial charge is 0.274 e. The monoisotopic (exact) mass is 389 g/mol. The molecule has 0 spiro atoms. The second kappa shape index (κ2) is 8.02. The lowest BCUT2D eigenvalue weighted by atomic mass is 10.2. The van der Waals surface area contributed by atoms with E-state index in [1.165, 1.54) is 0 Å². The summed E-state index contributed by atoms with van der Waals surface area (Å²) in [4.78, 5) is 29.3. The Hall–Kier alpha value is -3.87. The number of hydrogen-bond donors (Lipinski definition) is 2. The first-order valence-corrected chi connectivity index (χ1v) is 9.15. The van der Waals surface area contributed by atoms with E-state index >= 15 is 0 Å². The number of benzene rings is 2. The van der Waals surface area contributed by atoms with E-state index in [0.29, 0.717) is 36.1 Å². The Labute approximate surface area is 167 Å². The summed E-state index contributed by atoms with van der Waals surface area (Å²) in [5.74, 6) is 0.413. The Bertz CT molecular complexity index is 1080. The maximum atomic E-state index is 12.6. The SMILES string of the molecule is Cc1ccccc1NC(=O)c1cccc(C(=O)Nc2ccc3c(c2)OCCO3)n1. The van der Waals surface area contributed by atoms with Gasteiger partial charge in [0.2, 0.25) is 0 Å². The zero-order valence-electron chi connectivity index (χ0n) is 15.8. The van der Waals surface area contributed by atoms with E-state index in [9.17, 15) is 9.59 Å². The molecule has 2 N–H and O–H groups in total. The fourth-order valence-corrected chi connectivity index (χ4v) is 2.90. The first-order valence-electron chi connectivity index (χ1n) is 9.15. The van der Waals surface area contributed by atoms with Crippen LogP contribution in [0.2, 0.25) is 0 Å². The summed E-state index contributed by atoms with van der Waals surface area (Å²) in [6, 6.07) is 17.3. The molecule has 7 nitrogen and oxygen atoms in total. The van der Waals surface area contributed by atoms with Crippen LogP contribution in [0.25, 0.3) is 0 Å². The number of carbonyl (C=O) groups excluding carboxylic acids is 2. The number of hydrogen-bond acceptors (Lipinski definition) is 5. The normalized spacial score (nSPS) is 12.2. The quantitative estimate of drug-likeness (QED) is 0.711. The van der Waals surface area contributed by atoms with Gasteiger partial charge in [-0.05, 0) is 42.8 Å². The standard InChI is InChI=1S/C22H19N3O4/c1-14-5-2-3-6-16(14)25-22(27)18-8-4-7-17(24-18)21(26)23-15-9-10-19-20(13-15)29-12-11-28-19/h2-10,13H,11-12H2,1H3,(H,23,26)(H,25,27). The summed E-state index contributed by atoms with van der Waals surface area (Å²) in [7, 11) is 0. The van der Waals surface area contributed by atoms with Gasteiger partial charge >= 0.3 is 0 Å². The number of ether oxygens (including phenoxy) is 2. The fraction of sp³-hybridized carbons (Fsp3) is 0.136. The number of pyridine rings is 1. The zero-order chi connectivity index (χ0) is 20.2. The molecule has 0 unspecified atom stereocenters. The molecular weight excluding hydrogens is 370 g/mol. The van der Waals surface area contributed by atoms with Gasteiger partial charge in [-0.15, -0.1) is 0 Å². The van der Waals surface area contributed by atoms with Gasteiger partial charge in [0, 0.05) is 17.4 Å². The molecule has 0 bridgehead atoms. The first kappa shape index (κ1) is 18.5. The topological polar surface area (TPSA) is 89.6 Å². The van der Waals surface area contributed by atoms with Crippen LogP contribution in [0, 0.1) is 6.92 Å². The van der Waals surface area contributed by atoms with E-state index in [2.05, 4.69) is 15.6 Å². The van der Waals surface area contributed by atoms with Crippen LogP contribution < -0.4 is 20.1 Å². The summed E-state index contributed by atoms with van der Waals surface area (Å²) in [5, 5.41) is 5.58. The lowest BCUT2D eigenvalue weighted by Gasteiger charge is -2.19. The Kier molecular flexibility index (Phi) is 5.11. The number of aromatic nitrogens is 1. The molecule has 29 heavy (non-hydrogen) atoms. The van der Waals surface area contributed by atoms with E-state index in [1.807, 2.05) is 31.2 Å². The van der Waals surface area contributed by atoms with E-state index in [1.54, 1.807) is 36.4 Å². The number of fused-ring (bicyclic) bond motifs is 1. The molecule has 0 saturated heterocycles. The molecule has 0 radical (unpaired) electrons. The molecular formula is C22H19N3O4. The minimum atomic E-state index is -0.424. The van der Waals surface area contributed by atoms with Crippen molar-refractivity contribution in [1.29, 1.82) is 0 Å². The average molecular weight is 389 g/mol. The number of carbonyl (C=O) groups is 2. The number of nitrogens with one attached hydrogen (secondary N) is 2. The number of anilines is 2. The molecule has 2 heterocycles. The predicted molar refractivity (Wildman–Crippen MR) is 109 cm³/mol. The molecule has 146 valence electrons. The van der Waals surface area contributed by atoms with Crippen LogP contribution in [-0.2, 0) is 0 Å². The van der Waals surface area contributed by atoms with Crippen molar-refractivity contribution in [3.8, 4) is 11.5 Å². The predicted octanol–water partition coefficient (Wildman–Crippen LogP) is 3.67. The van der Waals surface area contributed by atoms with E-state index < -0.39 is 5.91 Å². The zero-order valence-corrected chi connectivity index (χ0v) is 15.8. The van der Waals surface area contributed by atoms with Crippen molar-refractivity contribution in [2.45, 2.75) is 6.92 Å². The van der Waals surface area contributed by atoms with Crippen molar-refractivity contribution in [3.63, 3.8) is 0 Å². The molecule has 1 aliphatic heterocycles. The number of amides is 2. The summed E-state index contributed by atoms with van der Waals surface area (Å²) >= 11 is 0. The van der Waals surface area contributed by atoms with Crippen LogP contribution in [0.3, 0.4) is 0 Å². The van der Waals surface area contributed by atoms with Gasteiger partial charge in [-0.2, -0.15) is 0 Å². The highest BCUT2D eigenvalue weighted by atomic mass is 16.6. The van der Waals surface area contributed by atoms with Crippen LogP contribution in [0.4, 0.5) is 11.4 Å². The third kappa shape index (κ3) is 4.19. The van der Waals surface area contributed by atoms with Gasteiger partial charge in [-0.25, -0.2) is 4.98 Å². The second-order valence-electron chi connectivity index (χ2n) is 6.49. The Morgan fingerprint density at radius 2 is 1.52 bits per heavy atom. The third-order valence-electron chi connectivity index (χ3n) is 4.41. The van der Waals surface area contributed by atoms with Crippen LogP contribution in [0.1, 0.15) is 26.5 Å². The van der Waals surface area contributed by atoms with Crippen LogP contribution in [0.15, 0.2) is 60.7 Å². The highest BCUT2D eigenvalue weighted by Crippen LogP contribution is 2.32. The summed E-state index contributed by atoms with van der Waals surface area (Å²) in [6.07, 6.45) is 0. The van der Waals surface area contributed by atoms with Gasteiger partial charge < -0.3 is 20.1 Å². The first-order chi connectivity index (χ1) is 14.1. The Morgan fingerprint density at radius 3 is 2.28 bits per heavy atom. The van der Waals surface area contributed by atoms with Crippen LogP contribution in [0.5, 0.6) is 11.5 Å². The summed E-state index contributed by atoms with van der Waals surface area (Å²) in [6.45, 7) is 2.87. The highest BCUT2D eigenvalue weighted by molar-refractivity contribution is 6.06. The van der Waals surface area contributed by atoms with Crippen molar-refractivity contribution in [1.82, 2.24) is 4.98 Å². The molecule has 0 fully saturated rings. The lowest BCUT2D eigenvalue weighted by Crippen LogP contribution is -2.19. The van der Waals surface area contributed by atoms with Gasteiger partial charge in [-0.3, -0.25) is 9.59 Å². The molecule has 4 rings (SSSR count). The van der Waals surface area contributed by atoms with Crippen molar-refractivity contribution >= 4 is 23.2 Å². The second-order valence-corrected chi connectivity index (χ2v) is 6.49. The Morgan fingerprint density at radius 1 is 0.828 bits per heavy atom. The molecule has 0 aliphatic carbocycles. The number of para-hydroxylation sites is 1. The van der Waals surface area contributed by atoms with Gasteiger partial charge in [-0.1, -0.05) is 24.3 Å². The molecule has 7 heteroatoms. The molecule has 0 atom stereocenters. The van der Waals surface area contributed by atoms with Crippen molar-refractivity contribution in [2.24, 2.45) is 0 Å². The number of rotatable bonds is 4. The molecule has 2 aromatic carbocycles. The fourth-order valence-electron chi connectivity index (χ4n) is 2.90. The minimum absolute atomic E-state index is 0.136. The number of nitrogens with zero attached hydrogens (tertiary/aromatic N) is 1. The van der Waals surface area contributed by atoms with Gasteiger partial charge in [0.25, 0.3) is 11.8 Å². The molecule has 1 aliphatic rings. The molecule has 0 saturated carbocycles. The Balaban J connectivity index is 1.48. The molecule has 3 aromatic rings. The van der Waals surface area contributed by atoms with E-state index in [0.717, 1.165) is 5.56 Å². The molecule has 1 aromatic heterocycles. The summed E-state index contributed by atoms with van der Waals surface area (Å²) < 4.78 is 11.0. The largest absolute Gasteiger partial charge is 0.486 e.